The maximum atomic E-state index is 13.0. The zero-order valence-corrected chi connectivity index (χ0v) is 9.11. The van der Waals surface area contributed by atoms with Crippen molar-refractivity contribution in [3.05, 3.63) is 58.3 Å². The van der Waals surface area contributed by atoms with Crippen molar-refractivity contribution in [2.45, 2.75) is 0 Å². The van der Waals surface area contributed by atoms with Gasteiger partial charge in [-0.3, -0.25) is 9.59 Å². The van der Waals surface area contributed by atoms with Crippen LogP contribution in [0.3, 0.4) is 0 Å². The lowest BCUT2D eigenvalue weighted by atomic mass is 10.2. The topological polar surface area (TPSA) is 82.2 Å². The Kier molecular flexibility index (Phi) is 3.09. The summed E-state index contributed by atoms with van der Waals surface area (Å²) in [6, 6.07) is 4.62. The van der Waals surface area contributed by atoms with Gasteiger partial charge in [-0.2, -0.15) is 0 Å². The Hall–Kier alpha value is -2.63. The Morgan fingerprint density at radius 1 is 1.33 bits per heavy atom. The Morgan fingerprint density at radius 3 is 2.78 bits per heavy atom. The van der Waals surface area contributed by atoms with Crippen molar-refractivity contribution in [1.82, 2.24) is 4.98 Å². The van der Waals surface area contributed by atoms with Crippen LogP contribution in [0.2, 0.25) is 0 Å². The second-order valence-electron chi connectivity index (χ2n) is 3.54. The van der Waals surface area contributed by atoms with Crippen LogP contribution < -0.4 is 10.7 Å². The molecule has 0 saturated heterocycles. The minimum absolute atomic E-state index is 0.0778. The number of anilines is 1. The van der Waals surface area contributed by atoms with Gasteiger partial charge in [0, 0.05) is 30.2 Å². The summed E-state index contributed by atoms with van der Waals surface area (Å²) in [4.78, 5) is 25.7. The van der Waals surface area contributed by atoms with Crippen LogP contribution in [0, 0.1) is 5.82 Å². The first-order valence-electron chi connectivity index (χ1n) is 5.05. The zero-order valence-electron chi connectivity index (χ0n) is 9.11. The van der Waals surface area contributed by atoms with Gasteiger partial charge in [-0.15, -0.1) is 0 Å². The van der Waals surface area contributed by atoms with Crippen molar-refractivity contribution in [2.75, 3.05) is 5.32 Å². The second kappa shape index (κ2) is 4.70. The van der Waals surface area contributed by atoms with E-state index in [2.05, 4.69) is 10.3 Å². The van der Waals surface area contributed by atoms with Crippen LogP contribution in [-0.4, -0.2) is 16.0 Å². The van der Waals surface area contributed by atoms with Crippen molar-refractivity contribution in [1.29, 1.82) is 0 Å². The van der Waals surface area contributed by atoms with E-state index in [4.69, 9.17) is 5.11 Å². The minimum Gasteiger partial charge on any atom is -0.505 e. The van der Waals surface area contributed by atoms with Gasteiger partial charge < -0.3 is 15.4 Å². The molecule has 1 aromatic carbocycles. The van der Waals surface area contributed by atoms with E-state index < -0.39 is 22.9 Å². The van der Waals surface area contributed by atoms with E-state index in [1.54, 1.807) is 0 Å². The molecule has 0 aliphatic rings. The highest BCUT2D eigenvalue weighted by atomic mass is 19.1. The first kappa shape index (κ1) is 11.8. The van der Waals surface area contributed by atoms with Crippen molar-refractivity contribution in [2.24, 2.45) is 0 Å². The summed E-state index contributed by atoms with van der Waals surface area (Å²) >= 11 is 0. The summed E-state index contributed by atoms with van der Waals surface area (Å²) in [5.41, 5.74) is -0.366. The van der Waals surface area contributed by atoms with E-state index in [0.29, 0.717) is 0 Å². The van der Waals surface area contributed by atoms with Gasteiger partial charge in [-0.1, -0.05) is 0 Å². The lowest BCUT2D eigenvalue weighted by molar-refractivity contribution is 0.102. The Labute approximate surface area is 101 Å². The summed E-state index contributed by atoms with van der Waals surface area (Å²) in [6.45, 7) is 0. The molecule has 1 amide bonds. The first-order chi connectivity index (χ1) is 8.58. The molecule has 6 heteroatoms. The predicted octanol–water partition coefficient (Wildman–Crippen LogP) is 1.47. The lowest BCUT2D eigenvalue weighted by Crippen LogP contribution is -2.20. The number of phenols is 1. The Balaban J connectivity index is 2.24. The lowest BCUT2D eigenvalue weighted by Gasteiger charge is -2.05. The van der Waals surface area contributed by atoms with E-state index in [0.717, 1.165) is 12.1 Å². The molecule has 92 valence electrons. The molecule has 1 heterocycles. The van der Waals surface area contributed by atoms with Crippen molar-refractivity contribution in [3.8, 4) is 5.75 Å². The smallest absolute Gasteiger partial charge is 0.261 e. The third kappa shape index (κ3) is 2.37. The van der Waals surface area contributed by atoms with Crippen molar-refractivity contribution >= 4 is 11.6 Å². The molecule has 0 fully saturated rings. The van der Waals surface area contributed by atoms with E-state index in [1.807, 2.05) is 0 Å². The number of rotatable bonds is 2. The number of halogens is 1. The van der Waals surface area contributed by atoms with Gasteiger partial charge in [0.15, 0.2) is 17.0 Å². The zero-order chi connectivity index (χ0) is 13.1. The normalized spacial score (nSPS) is 10.1. The molecule has 0 bridgehead atoms. The van der Waals surface area contributed by atoms with Crippen LogP contribution >= 0.6 is 0 Å². The summed E-state index contributed by atoms with van der Waals surface area (Å²) in [5.74, 6) is -2.01. The number of aromatic nitrogens is 1. The third-order valence-electron chi connectivity index (χ3n) is 2.27. The van der Waals surface area contributed by atoms with Crippen LogP contribution in [-0.2, 0) is 0 Å². The Bertz CT molecular complexity index is 652. The number of aromatic hydroxyl groups is 1. The SMILES string of the molecule is O=C(Nc1ccc(O)c(F)c1)c1c[nH]ccc1=O. The van der Waals surface area contributed by atoms with Crippen LogP contribution in [0.15, 0.2) is 41.5 Å². The van der Waals surface area contributed by atoms with Gasteiger partial charge in [-0.25, -0.2) is 4.39 Å². The van der Waals surface area contributed by atoms with Gasteiger partial charge in [0.25, 0.3) is 5.91 Å². The van der Waals surface area contributed by atoms with Crippen molar-refractivity contribution < 1.29 is 14.3 Å². The monoisotopic (exact) mass is 248 g/mol. The highest BCUT2D eigenvalue weighted by Gasteiger charge is 2.10. The van der Waals surface area contributed by atoms with Gasteiger partial charge >= 0.3 is 0 Å². The fraction of sp³-hybridized carbons (Fsp3) is 0. The molecule has 0 aliphatic carbocycles. The van der Waals surface area contributed by atoms with Gasteiger partial charge in [-0.05, 0) is 12.1 Å². The highest BCUT2D eigenvalue weighted by Crippen LogP contribution is 2.19. The van der Waals surface area contributed by atoms with Gasteiger partial charge in [0.2, 0.25) is 0 Å². The number of carbonyl (C=O) groups is 1. The van der Waals surface area contributed by atoms with E-state index >= 15 is 0 Å². The van der Waals surface area contributed by atoms with Crippen LogP contribution in [0.1, 0.15) is 10.4 Å². The van der Waals surface area contributed by atoms with E-state index in [1.165, 1.54) is 24.5 Å². The average Bonchev–Trinajstić information content (AvgIpc) is 2.34. The molecule has 2 aromatic rings. The number of aromatic amines is 1. The number of phenolic OH excluding ortho intramolecular Hbond substituents is 1. The predicted molar refractivity (Wildman–Crippen MR) is 63.1 cm³/mol. The molecule has 18 heavy (non-hydrogen) atoms. The number of benzene rings is 1. The second-order valence-corrected chi connectivity index (χ2v) is 3.54. The summed E-state index contributed by atoms with van der Waals surface area (Å²) < 4.78 is 13.0. The molecule has 0 atom stereocenters. The van der Waals surface area contributed by atoms with Crippen LogP contribution in [0.4, 0.5) is 10.1 Å². The largest absolute Gasteiger partial charge is 0.505 e. The quantitative estimate of drug-likeness (QED) is 0.704. The molecular formula is C12H9FN2O3. The first-order valence-corrected chi connectivity index (χ1v) is 5.05. The molecule has 0 spiro atoms. The number of pyridine rings is 1. The summed E-state index contributed by atoms with van der Waals surface area (Å²) in [7, 11) is 0. The third-order valence-corrected chi connectivity index (χ3v) is 2.27. The maximum absolute atomic E-state index is 13.0. The number of amides is 1. The number of nitrogens with one attached hydrogen (secondary N) is 2. The van der Waals surface area contributed by atoms with Crippen LogP contribution in [0.25, 0.3) is 0 Å². The number of H-pyrrole nitrogens is 1. The minimum atomic E-state index is -0.852. The Morgan fingerprint density at radius 2 is 2.11 bits per heavy atom. The maximum Gasteiger partial charge on any atom is 0.261 e. The molecule has 0 unspecified atom stereocenters. The highest BCUT2D eigenvalue weighted by molar-refractivity contribution is 6.03. The number of hydrogen-bond donors (Lipinski definition) is 3. The molecule has 0 radical (unpaired) electrons. The molecular weight excluding hydrogens is 239 g/mol. The van der Waals surface area contributed by atoms with Crippen LogP contribution in [0.5, 0.6) is 5.75 Å². The number of hydrogen-bond acceptors (Lipinski definition) is 3. The molecule has 0 saturated carbocycles. The standard InChI is InChI=1S/C12H9FN2O3/c13-9-5-7(1-2-11(9)17)15-12(18)8-6-14-4-3-10(8)16/h1-6,17H,(H,14,16)(H,15,18). The fourth-order valence-electron chi connectivity index (χ4n) is 1.38. The van der Waals surface area contributed by atoms with E-state index in [9.17, 15) is 14.0 Å². The van der Waals surface area contributed by atoms with Crippen molar-refractivity contribution in [3.63, 3.8) is 0 Å². The molecule has 3 N–H and O–H groups in total. The molecule has 1 aromatic heterocycles. The number of carbonyl (C=O) groups excluding carboxylic acids is 1. The van der Waals surface area contributed by atoms with E-state index in [-0.39, 0.29) is 11.3 Å². The molecule has 2 rings (SSSR count). The van der Waals surface area contributed by atoms with Gasteiger partial charge in [0.1, 0.15) is 5.56 Å². The average molecular weight is 248 g/mol. The molecule has 0 aliphatic heterocycles. The molecule has 5 nitrogen and oxygen atoms in total. The summed E-state index contributed by atoms with van der Waals surface area (Å²) in [5, 5.41) is 11.4. The summed E-state index contributed by atoms with van der Waals surface area (Å²) in [6.07, 6.45) is 2.66. The fourth-order valence-corrected chi connectivity index (χ4v) is 1.38. The van der Waals surface area contributed by atoms with Gasteiger partial charge in [0.05, 0.1) is 0 Å².